The molecule has 1 aliphatic heterocycles. The van der Waals surface area contributed by atoms with Gasteiger partial charge in [-0.1, -0.05) is 20.3 Å². The largest absolute Gasteiger partial charge is 0.333 e. The molecule has 0 radical (unpaired) electrons. The Kier molecular flexibility index (Phi) is 3.41. The molecule has 0 amide bonds. The molecule has 1 aliphatic rings. The number of imidazole rings is 1. The third kappa shape index (κ3) is 2.23. The Morgan fingerprint density at radius 1 is 1.53 bits per heavy atom. The number of aryl methyl sites for hydroxylation is 2. The molecular weight excluding hydrogens is 186 g/mol. The minimum absolute atomic E-state index is 0.457. The van der Waals surface area contributed by atoms with Crippen LogP contribution in [0.4, 0.5) is 0 Å². The molecule has 1 aromatic heterocycles. The van der Waals surface area contributed by atoms with Gasteiger partial charge in [-0.15, -0.1) is 0 Å². The van der Waals surface area contributed by atoms with Gasteiger partial charge in [0.05, 0.1) is 11.7 Å². The number of nitrogens with zero attached hydrogens (tertiary/aromatic N) is 2. The van der Waals surface area contributed by atoms with Crippen LogP contribution >= 0.6 is 0 Å². The van der Waals surface area contributed by atoms with E-state index in [1.54, 1.807) is 0 Å². The van der Waals surface area contributed by atoms with Crippen LogP contribution in [-0.2, 0) is 13.0 Å². The fourth-order valence-electron chi connectivity index (χ4n) is 2.26. The molecule has 2 rings (SSSR count). The van der Waals surface area contributed by atoms with Gasteiger partial charge < -0.3 is 9.88 Å². The molecule has 0 bridgehead atoms. The first-order chi connectivity index (χ1) is 7.35. The van der Waals surface area contributed by atoms with Gasteiger partial charge in [0, 0.05) is 12.7 Å². The number of aromatic nitrogens is 2. The van der Waals surface area contributed by atoms with Gasteiger partial charge in [0.2, 0.25) is 0 Å². The topological polar surface area (TPSA) is 29.9 Å². The summed E-state index contributed by atoms with van der Waals surface area (Å²) in [6.45, 7) is 6.67. The summed E-state index contributed by atoms with van der Waals surface area (Å²) in [5, 5.41) is 3.56. The van der Waals surface area contributed by atoms with Gasteiger partial charge >= 0.3 is 0 Å². The van der Waals surface area contributed by atoms with E-state index in [-0.39, 0.29) is 0 Å². The Labute approximate surface area is 91.9 Å². The number of nitrogens with one attached hydrogen (secondary N) is 1. The third-order valence-electron chi connectivity index (χ3n) is 3.05. The molecule has 1 N–H and O–H groups in total. The second kappa shape index (κ2) is 4.79. The zero-order chi connectivity index (χ0) is 10.7. The first-order valence-corrected chi connectivity index (χ1v) is 6.14. The highest BCUT2D eigenvalue weighted by molar-refractivity contribution is 5.09. The van der Waals surface area contributed by atoms with Crippen molar-refractivity contribution in [3.05, 3.63) is 17.7 Å². The Morgan fingerprint density at radius 2 is 2.40 bits per heavy atom. The van der Waals surface area contributed by atoms with Crippen LogP contribution in [0.3, 0.4) is 0 Å². The summed E-state index contributed by atoms with van der Waals surface area (Å²) in [6.07, 6.45) is 6.87. The van der Waals surface area contributed by atoms with Gasteiger partial charge in [-0.25, -0.2) is 4.98 Å². The maximum Gasteiger partial charge on any atom is 0.126 e. The minimum atomic E-state index is 0.457. The molecule has 0 unspecified atom stereocenters. The van der Waals surface area contributed by atoms with Crippen molar-refractivity contribution < 1.29 is 0 Å². The number of fused-ring (bicyclic) bond motifs is 1. The molecule has 0 saturated carbocycles. The van der Waals surface area contributed by atoms with Crippen LogP contribution in [0, 0.1) is 0 Å². The smallest absolute Gasteiger partial charge is 0.126 e. The van der Waals surface area contributed by atoms with Crippen molar-refractivity contribution in [3.63, 3.8) is 0 Å². The van der Waals surface area contributed by atoms with Crippen LogP contribution in [0.5, 0.6) is 0 Å². The number of hydrogen-bond acceptors (Lipinski definition) is 2. The fraction of sp³-hybridized carbons (Fsp3) is 0.750. The second-order valence-corrected chi connectivity index (χ2v) is 4.30. The molecule has 3 heteroatoms. The fourth-order valence-corrected chi connectivity index (χ4v) is 2.26. The Hall–Kier alpha value is -0.830. The van der Waals surface area contributed by atoms with Crippen LogP contribution in [-0.4, -0.2) is 16.1 Å². The minimum Gasteiger partial charge on any atom is -0.333 e. The highest BCUT2D eigenvalue weighted by atomic mass is 15.1. The monoisotopic (exact) mass is 207 g/mol. The summed E-state index contributed by atoms with van der Waals surface area (Å²) in [5.41, 5.74) is 1.26. The zero-order valence-corrected chi connectivity index (χ0v) is 9.79. The molecule has 0 saturated heterocycles. The summed E-state index contributed by atoms with van der Waals surface area (Å²) < 4.78 is 2.35. The highest BCUT2D eigenvalue weighted by Crippen LogP contribution is 2.20. The van der Waals surface area contributed by atoms with Crippen LogP contribution in [0.1, 0.15) is 50.7 Å². The van der Waals surface area contributed by atoms with Gasteiger partial charge in [0.25, 0.3) is 0 Å². The standard InChI is InChI=1S/C12H21N3/c1-3-6-10-9-15-8-5-7-13-11(4-2)12(15)14-10/h9,11,13H,3-8H2,1-2H3/t11-/m0/s1. The van der Waals surface area contributed by atoms with Gasteiger partial charge in [-0.05, 0) is 25.8 Å². The van der Waals surface area contributed by atoms with Crippen LogP contribution in [0.25, 0.3) is 0 Å². The quantitative estimate of drug-likeness (QED) is 0.824. The molecule has 3 nitrogen and oxygen atoms in total. The van der Waals surface area contributed by atoms with E-state index in [2.05, 4.69) is 29.9 Å². The molecule has 0 aliphatic carbocycles. The van der Waals surface area contributed by atoms with Crippen molar-refractivity contribution in [2.45, 2.75) is 52.1 Å². The lowest BCUT2D eigenvalue weighted by atomic mass is 10.2. The molecule has 1 aromatic rings. The van der Waals surface area contributed by atoms with E-state index < -0.39 is 0 Å². The Bertz CT molecular complexity index is 317. The van der Waals surface area contributed by atoms with Crippen LogP contribution < -0.4 is 5.32 Å². The van der Waals surface area contributed by atoms with E-state index in [0.29, 0.717) is 6.04 Å². The van der Waals surface area contributed by atoms with Gasteiger partial charge in [0.15, 0.2) is 0 Å². The highest BCUT2D eigenvalue weighted by Gasteiger charge is 2.18. The first-order valence-electron chi connectivity index (χ1n) is 6.14. The van der Waals surface area contributed by atoms with Crippen molar-refractivity contribution in [3.8, 4) is 0 Å². The predicted octanol–water partition coefficient (Wildman–Crippen LogP) is 2.28. The van der Waals surface area contributed by atoms with Gasteiger partial charge in [0.1, 0.15) is 5.82 Å². The van der Waals surface area contributed by atoms with Gasteiger partial charge in [-0.2, -0.15) is 0 Å². The third-order valence-corrected chi connectivity index (χ3v) is 3.05. The van der Waals surface area contributed by atoms with E-state index in [1.165, 1.54) is 24.4 Å². The number of hydrogen-bond donors (Lipinski definition) is 1. The predicted molar refractivity (Wildman–Crippen MR) is 61.9 cm³/mol. The van der Waals surface area contributed by atoms with Gasteiger partial charge in [-0.3, -0.25) is 0 Å². The van der Waals surface area contributed by atoms with Crippen molar-refractivity contribution in [2.75, 3.05) is 6.54 Å². The molecule has 0 aromatic carbocycles. The molecular formula is C12H21N3. The second-order valence-electron chi connectivity index (χ2n) is 4.30. The summed E-state index contributed by atoms with van der Waals surface area (Å²) >= 11 is 0. The average Bonchev–Trinajstić information content (AvgIpc) is 2.53. The van der Waals surface area contributed by atoms with E-state index in [9.17, 15) is 0 Å². The van der Waals surface area contributed by atoms with Crippen LogP contribution in [0.15, 0.2) is 6.20 Å². The normalized spacial score (nSPS) is 21.1. The lowest BCUT2D eigenvalue weighted by Gasteiger charge is -2.12. The van der Waals surface area contributed by atoms with E-state index in [0.717, 1.165) is 25.9 Å². The molecule has 0 spiro atoms. The molecule has 84 valence electrons. The molecule has 1 atom stereocenters. The Balaban J connectivity index is 2.25. The van der Waals surface area contributed by atoms with E-state index >= 15 is 0 Å². The maximum atomic E-state index is 4.75. The van der Waals surface area contributed by atoms with Crippen LogP contribution in [0.2, 0.25) is 0 Å². The first kappa shape index (κ1) is 10.7. The van der Waals surface area contributed by atoms with Crippen molar-refractivity contribution in [1.29, 1.82) is 0 Å². The zero-order valence-electron chi connectivity index (χ0n) is 9.79. The summed E-state index contributed by atoms with van der Waals surface area (Å²) in [4.78, 5) is 4.75. The van der Waals surface area contributed by atoms with Crippen molar-refractivity contribution >= 4 is 0 Å². The lowest BCUT2D eigenvalue weighted by Crippen LogP contribution is -2.21. The lowest BCUT2D eigenvalue weighted by molar-refractivity contribution is 0.513. The molecule has 15 heavy (non-hydrogen) atoms. The number of rotatable bonds is 3. The summed E-state index contributed by atoms with van der Waals surface area (Å²) in [6, 6.07) is 0.457. The SMILES string of the molecule is CCCc1cn2c(n1)[C@H](CC)NCCC2. The van der Waals surface area contributed by atoms with E-state index in [1.807, 2.05) is 0 Å². The maximum absolute atomic E-state index is 4.75. The summed E-state index contributed by atoms with van der Waals surface area (Å²) in [5.74, 6) is 1.25. The molecule has 0 fully saturated rings. The van der Waals surface area contributed by atoms with Crippen molar-refractivity contribution in [2.24, 2.45) is 0 Å². The summed E-state index contributed by atoms with van der Waals surface area (Å²) in [7, 11) is 0. The van der Waals surface area contributed by atoms with E-state index in [4.69, 9.17) is 4.98 Å². The Morgan fingerprint density at radius 3 is 3.13 bits per heavy atom. The average molecular weight is 207 g/mol. The van der Waals surface area contributed by atoms with Crippen molar-refractivity contribution in [1.82, 2.24) is 14.9 Å². The molecule has 2 heterocycles.